The van der Waals surface area contributed by atoms with Gasteiger partial charge in [-0.3, -0.25) is 4.79 Å². The number of halogens is 1. The standard InChI is InChI=1S/C17H20FN3O3S/c18-15-5-1-14(2-6-15)11-21-17(22)12-20-10-9-13-3-7-16(8-4-13)25(19,23)24/h1-8,20H,9-12H2,(H,21,22)(H2,19,23,24). The summed E-state index contributed by atoms with van der Waals surface area (Å²) in [5.41, 5.74) is 1.76. The smallest absolute Gasteiger partial charge is 0.238 e. The van der Waals surface area contributed by atoms with Crippen LogP contribution in [0.5, 0.6) is 0 Å². The first-order chi connectivity index (χ1) is 11.8. The normalized spacial score (nSPS) is 11.3. The fourth-order valence-electron chi connectivity index (χ4n) is 2.15. The Bertz CT molecular complexity index is 806. The van der Waals surface area contributed by atoms with Gasteiger partial charge in [-0.2, -0.15) is 0 Å². The molecule has 0 radical (unpaired) electrons. The number of rotatable bonds is 8. The Morgan fingerprint density at radius 2 is 1.60 bits per heavy atom. The first kappa shape index (κ1) is 19.0. The van der Waals surface area contributed by atoms with Gasteiger partial charge in [-0.05, 0) is 48.4 Å². The van der Waals surface area contributed by atoms with E-state index < -0.39 is 10.0 Å². The summed E-state index contributed by atoms with van der Waals surface area (Å²) in [5, 5.41) is 10.8. The molecule has 0 aliphatic rings. The van der Waals surface area contributed by atoms with Gasteiger partial charge in [-0.25, -0.2) is 17.9 Å². The lowest BCUT2D eigenvalue weighted by molar-refractivity contribution is -0.120. The predicted molar refractivity (Wildman–Crippen MR) is 92.6 cm³/mol. The molecule has 0 bridgehead atoms. The monoisotopic (exact) mass is 365 g/mol. The molecule has 0 atom stereocenters. The van der Waals surface area contributed by atoms with Crippen molar-refractivity contribution in [1.29, 1.82) is 0 Å². The zero-order valence-corrected chi connectivity index (χ0v) is 14.4. The van der Waals surface area contributed by atoms with Crippen LogP contribution in [0.1, 0.15) is 11.1 Å². The number of sulfonamides is 1. The highest BCUT2D eigenvalue weighted by atomic mass is 32.2. The molecule has 25 heavy (non-hydrogen) atoms. The zero-order chi connectivity index (χ0) is 18.3. The van der Waals surface area contributed by atoms with Crippen molar-refractivity contribution in [3.63, 3.8) is 0 Å². The highest BCUT2D eigenvalue weighted by Crippen LogP contribution is 2.08. The third kappa shape index (κ3) is 6.61. The van der Waals surface area contributed by atoms with Crippen LogP contribution in [0, 0.1) is 5.82 Å². The number of hydrogen-bond acceptors (Lipinski definition) is 4. The van der Waals surface area contributed by atoms with Crippen LogP contribution < -0.4 is 15.8 Å². The van der Waals surface area contributed by atoms with E-state index >= 15 is 0 Å². The second-order valence-electron chi connectivity index (χ2n) is 5.52. The molecule has 4 N–H and O–H groups in total. The van der Waals surface area contributed by atoms with Gasteiger partial charge in [0.1, 0.15) is 5.82 Å². The SMILES string of the molecule is NS(=O)(=O)c1ccc(CCNCC(=O)NCc2ccc(F)cc2)cc1. The van der Waals surface area contributed by atoms with E-state index in [4.69, 9.17) is 5.14 Å². The van der Waals surface area contributed by atoms with Crippen molar-refractivity contribution in [3.05, 3.63) is 65.5 Å². The van der Waals surface area contributed by atoms with E-state index in [9.17, 15) is 17.6 Å². The summed E-state index contributed by atoms with van der Waals surface area (Å²) in [6.45, 7) is 1.07. The molecule has 0 aliphatic heterocycles. The molecule has 2 rings (SSSR count). The molecule has 0 spiro atoms. The van der Waals surface area contributed by atoms with E-state index in [1.54, 1.807) is 24.3 Å². The van der Waals surface area contributed by atoms with Gasteiger partial charge in [0.2, 0.25) is 15.9 Å². The van der Waals surface area contributed by atoms with E-state index in [0.717, 1.165) is 11.1 Å². The van der Waals surface area contributed by atoms with Crippen LogP contribution in [0.4, 0.5) is 4.39 Å². The number of nitrogens with two attached hydrogens (primary N) is 1. The van der Waals surface area contributed by atoms with Crippen molar-refractivity contribution in [2.24, 2.45) is 5.14 Å². The van der Waals surface area contributed by atoms with Gasteiger partial charge in [0.25, 0.3) is 0 Å². The maximum absolute atomic E-state index is 12.8. The molecule has 2 aromatic carbocycles. The second-order valence-corrected chi connectivity index (χ2v) is 7.08. The van der Waals surface area contributed by atoms with Crippen molar-refractivity contribution in [3.8, 4) is 0 Å². The van der Waals surface area contributed by atoms with Crippen LogP contribution in [0.15, 0.2) is 53.4 Å². The molecule has 0 saturated carbocycles. The van der Waals surface area contributed by atoms with E-state index in [1.165, 1.54) is 24.3 Å². The highest BCUT2D eigenvalue weighted by molar-refractivity contribution is 7.89. The molecule has 0 aromatic heterocycles. The number of nitrogens with one attached hydrogen (secondary N) is 2. The Hall–Kier alpha value is -2.29. The summed E-state index contributed by atoms with van der Waals surface area (Å²) in [6.07, 6.45) is 0.649. The van der Waals surface area contributed by atoms with Gasteiger partial charge in [0, 0.05) is 6.54 Å². The second kappa shape index (κ2) is 8.70. The van der Waals surface area contributed by atoms with Crippen molar-refractivity contribution < 1.29 is 17.6 Å². The predicted octanol–water partition coefficient (Wildman–Crippen LogP) is 0.922. The van der Waals surface area contributed by atoms with Crippen LogP contribution in [0.3, 0.4) is 0 Å². The average molecular weight is 365 g/mol. The Labute approximate surface area is 146 Å². The molecule has 8 heteroatoms. The minimum Gasteiger partial charge on any atom is -0.351 e. The quantitative estimate of drug-likeness (QED) is 0.606. The maximum Gasteiger partial charge on any atom is 0.238 e. The Morgan fingerprint density at radius 3 is 2.20 bits per heavy atom. The lowest BCUT2D eigenvalue weighted by atomic mass is 10.1. The summed E-state index contributed by atoms with van der Waals surface area (Å²) in [4.78, 5) is 11.8. The van der Waals surface area contributed by atoms with Crippen molar-refractivity contribution in [2.45, 2.75) is 17.9 Å². The zero-order valence-electron chi connectivity index (χ0n) is 13.5. The van der Waals surface area contributed by atoms with Gasteiger partial charge < -0.3 is 10.6 Å². The number of primary sulfonamides is 1. The first-order valence-electron chi connectivity index (χ1n) is 7.68. The first-order valence-corrected chi connectivity index (χ1v) is 9.23. The number of carbonyl (C=O) groups excluding carboxylic acids is 1. The van der Waals surface area contributed by atoms with Gasteiger partial charge in [0.05, 0.1) is 11.4 Å². The average Bonchev–Trinajstić information content (AvgIpc) is 2.58. The van der Waals surface area contributed by atoms with E-state index in [1.807, 2.05) is 0 Å². The summed E-state index contributed by atoms with van der Waals surface area (Å²) in [6, 6.07) is 12.2. The minimum absolute atomic E-state index is 0.0735. The largest absolute Gasteiger partial charge is 0.351 e. The summed E-state index contributed by atoms with van der Waals surface area (Å²) in [5.74, 6) is -0.470. The van der Waals surface area contributed by atoms with Crippen LogP contribution in [0.25, 0.3) is 0 Å². The van der Waals surface area contributed by atoms with E-state index in [2.05, 4.69) is 10.6 Å². The maximum atomic E-state index is 12.8. The molecule has 0 aliphatic carbocycles. The number of hydrogen-bond donors (Lipinski definition) is 3. The van der Waals surface area contributed by atoms with E-state index in [0.29, 0.717) is 19.5 Å². The van der Waals surface area contributed by atoms with Crippen LogP contribution in [-0.4, -0.2) is 27.4 Å². The van der Waals surface area contributed by atoms with Crippen molar-refractivity contribution in [1.82, 2.24) is 10.6 Å². The molecule has 6 nitrogen and oxygen atoms in total. The van der Waals surface area contributed by atoms with Crippen molar-refractivity contribution in [2.75, 3.05) is 13.1 Å². The third-order valence-corrected chi connectivity index (χ3v) is 4.46. The highest BCUT2D eigenvalue weighted by Gasteiger charge is 2.06. The molecular weight excluding hydrogens is 345 g/mol. The van der Waals surface area contributed by atoms with Crippen LogP contribution >= 0.6 is 0 Å². The topological polar surface area (TPSA) is 101 Å². The molecule has 0 saturated heterocycles. The van der Waals surface area contributed by atoms with Crippen molar-refractivity contribution >= 4 is 15.9 Å². The van der Waals surface area contributed by atoms with E-state index in [-0.39, 0.29) is 23.2 Å². The lowest BCUT2D eigenvalue weighted by Gasteiger charge is -2.07. The van der Waals surface area contributed by atoms with Gasteiger partial charge >= 0.3 is 0 Å². The molecule has 0 heterocycles. The van der Waals surface area contributed by atoms with Gasteiger partial charge in [-0.1, -0.05) is 24.3 Å². The Balaban J connectivity index is 1.66. The Morgan fingerprint density at radius 1 is 1.00 bits per heavy atom. The summed E-state index contributed by atoms with van der Waals surface area (Å²) >= 11 is 0. The molecule has 0 fully saturated rings. The number of benzene rings is 2. The van der Waals surface area contributed by atoms with Crippen LogP contribution in [-0.2, 0) is 27.8 Å². The molecule has 1 amide bonds. The summed E-state index contributed by atoms with van der Waals surface area (Å²) in [7, 11) is -3.68. The summed E-state index contributed by atoms with van der Waals surface area (Å²) < 4.78 is 35.1. The number of amides is 1. The van der Waals surface area contributed by atoms with Gasteiger partial charge in [-0.15, -0.1) is 0 Å². The minimum atomic E-state index is -3.68. The van der Waals surface area contributed by atoms with Gasteiger partial charge in [0.15, 0.2) is 0 Å². The molecule has 134 valence electrons. The molecular formula is C17H20FN3O3S. The molecule has 2 aromatic rings. The third-order valence-electron chi connectivity index (χ3n) is 3.53. The lowest BCUT2D eigenvalue weighted by Crippen LogP contribution is -2.34. The molecule has 0 unspecified atom stereocenters. The fraction of sp³-hybridized carbons (Fsp3) is 0.235. The number of carbonyl (C=O) groups is 1. The van der Waals surface area contributed by atoms with Crippen LogP contribution in [0.2, 0.25) is 0 Å². The fourth-order valence-corrected chi connectivity index (χ4v) is 2.66. The Kier molecular flexibility index (Phi) is 6.63.